The van der Waals surface area contributed by atoms with E-state index in [1.54, 1.807) is 21.8 Å². The molecule has 0 saturated carbocycles. The normalized spacial score (nSPS) is 17.7. The molecular weight excluding hydrogens is 563 g/mol. The second kappa shape index (κ2) is 12.4. The first-order valence-electron chi connectivity index (χ1n) is 14.8. The van der Waals surface area contributed by atoms with E-state index < -0.39 is 5.82 Å². The Morgan fingerprint density at radius 1 is 1.18 bits per heavy atom. The number of nitrogens with one attached hydrogen (secondary N) is 1. The third-order valence-electron chi connectivity index (χ3n) is 8.48. The van der Waals surface area contributed by atoms with Gasteiger partial charge in [0.2, 0.25) is 5.91 Å². The number of aromatic hydroxyl groups is 1. The molecule has 2 aliphatic heterocycles. The van der Waals surface area contributed by atoms with Crippen LogP contribution in [0.5, 0.6) is 5.75 Å². The van der Waals surface area contributed by atoms with Gasteiger partial charge < -0.3 is 25.1 Å². The molecule has 2 fully saturated rings. The van der Waals surface area contributed by atoms with Gasteiger partial charge in [0.1, 0.15) is 12.1 Å². The number of halogens is 1. The van der Waals surface area contributed by atoms with E-state index in [2.05, 4.69) is 49.3 Å². The first-order chi connectivity index (χ1) is 21.3. The number of likely N-dealkylation sites (tertiary alicyclic amines) is 1. The lowest BCUT2D eigenvalue weighted by Crippen LogP contribution is -2.45. The Balaban J connectivity index is 1.35. The molecule has 44 heavy (non-hydrogen) atoms. The van der Waals surface area contributed by atoms with Crippen molar-refractivity contribution in [2.75, 3.05) is 50.5 Å². The Morgan fingerprint density at radius 3 is 2.75 bits per heavy atom. The van der Waals surface area contributed by atoms with Crippen molar-refractivity contribution in [3.63, 3.8) is 0 Å². The number of fused-ring (bicyclic) bond motifs is 1. The second-order valence-electron chi connectivity index (χ2n) is 11.6. The molecule has 2 N–H and O–H groups in total. The van der Waals surface area contributed by atoms with Crippen molar-refractivity contribution in [1.82, 2.24) is 34.4 Å². The van der Waals surface area contributed by atoms with Gasteiger partial charge in [-0.1, -0.05) is 6.07 Å². The molecule has 2 saturated heterocycles. The fourth-order valence-corrected chi connectivity index (χ4v) is 6.07. The zero-order chi connectivity index (χ0) is 30.8. The van der Waals surface area contributed by atoms with Crippen molar-refractivity contribution in [2.24, 2.45) is 0 Å². The van der Waals surface area contributed by atoms with Gasteiger partial charge in [-0.3, -0.25) is 4.79 Å². The van der Waals surface area contributed by atoms with Gasteiger partial charge in [-0.05, 0) is 58.0 Å². The van der Waals surface area contributed by atoms with Crippen LogP contribution in [-0.2, 0) is 4.79 Å². The molecule has 0 unspecified atom stereocenters. The Kier molecular flexibility index (Phi) is 8.25. The zero-order valence-electron chi connectivity index (χ0n) is 24.8. The van der Waals surface area contributed by atoms with Gasteiger partial charge >= 0.3 is 0 Å². The summed E-state index contributed by atoms with van der Waals surface area (Å²) in [6.07, 6.45) is 8.09. The molecule has 1 atom stereocenters. The van der Waals surface area contributed by atoms with E-state index in [4.69, 9.17) is 5.26 Å². The maximum absolute atomic E-state index is 16.3. The molecular formula is C31H35FN10O2. The average molecular weight is 599 g/mol. The fraction of sp³-hybridized carbons (Fsp3) is 0.419. The van der Waals surface area contributed by atoms with Crippen molar-refractivity contribution in [3.05, 3.63) is 48.7 Å². The van der Waals surface area contributed by atoms with Crippen LogP contribution in [0.25, 0.3) is 28.2 Å². The lowest BCUT2D eigenvalue weighted by molar-refractivity contribution is -0.131. The Labute approximate surface area is 254 Å². The van der Waals surface area contributed by atoms with Crippen molar-refractivity contribution < 1.29 is 14.3 Å². The van der Waals surface area contributed by atoms with Gasteiger partial charge in [-0.25, -0.2) is 23.9 Å². The molecule has 0 bridgehead atoms. The highest BCUT2D eigenvalue weighted by atomic mass is 19.1. The molecule has 6 rings (SSSR count). The van der Waals surface area contributed by atoms with E-state index in [9.17, 15) is 9.90 Å². The van der Waals surface area contributed by atoms with E-state index in [1.807, 2.05) is 24.3 Å². The number of nitriles is 1. The minimum atomic E-state index is -0.688. The van der Waals surface area contributed by atoms with Gasteiger partial charge in [0.25, 0.3) is 0 Å². The Morgan fingerprint density at radius 2 is 2.00 bits per heavy atom. The monoisotopic (exact) mass is 598 g/mol. The number of hydrogen-bond donors (Lipinski definition) is 2. The first kappa shape index (κ1) is 29.3. The lowest BCUT2D eigenvalue weighted by atomic mass is 10.0. The minimum Gasteiger partial charge on any atom is -0.504 e. The van der Waals surface area contributed by atoms with Gasteiger partial charge in [0.05, 0.1) is 23.3 Å². The molecule has 4 aromatic rings. The molecule has 6 heterocycles. The van der Waals surface area contributed by atoms with E-state index in [0.29, 0.717) is 48.9 Å². The second-order valence-corrected chi connectivity index (χ2v) is 11.6. The zero-order valence-corrected chi connectivity index (χ0v) is 24.8. The number of hydrogen-bond acceptors (Lipinski definition) is 10. The van der Waals surface area contributed by atoms with Crippen LogP contribution in [-0.4, -0.2) is 97.7 Å². The van der Waals surface area contributed by atoms with Crippen LogP contribution in [0.1, 0.15) is 32.1 Å². The molecule has 4 aromatic heterocycles. The molecule has 0 aliphatic carbocycles. The number of carbonyl (C=O) groups excluding carboxylic acids is 1. The van der Waals surface area contributed by atoms with Crippen molar-refractivity contribution in [3.8, 4) is 34.5 Å². The standard InChI is InChI=1S/C31H35FN10O2/c1-39(2)22-9-14-40(15-10-22)31-25(43)16-20(17-34-31)28-27(32)30(36-21-6-5-12-41(19-21)26(44)8-11-33)38-29(37-28)23-18-35-42-13-4-3-7-24(23)42/h3-4,7,13,16-18,21-22,43H,5-6,8-10,12,14-15,19H2,1-2H3,(H,36,37,38)/t21-/m1/s1. The minimum absolute atomic E-state index is 0.0123. The summed E-state index contributed by atoms with van der Waals surface area (Å²) >= 11 is 0. The molecule has 2 aliphatic rings. The highest BCUT2D eigenvalue weighted by Gasteiger charge is 2.28. The van der Waals surface area contributed by atoms with E-state index >= 15 is 4.39 Å². The van der Waals surface area contributed by atoms with Crippen LogP contribution in [0.15, 0.2) is 42.9 Å². The summed E-state index contributed by atoms with van der Waals surface area (Å²) in [5.74, 6) is -0.281. The van der Waals surface area contributed by atoms with Gasteiger partial charge in [-0.15, -0.1) is 0 Å². The maximum atomic E-state index is 16.3. The summed E-state index contributed by atoms with van der Waals surface area (Å²) in [6, 6.07) is 9.22. The van der Waals surface area contributed by atoms with Crippen molar-refractivity contribution >= 4 is 23.1 Å². The maximum Gasteiger partial charge on any atom is 0.236 e. The van der Waals surface area contributed by atoms with E-state index in [1.165, 1.54) is 12.3 Å². The molecule has 1 amide bonds. The van der Waals surface area contributed by atoms with Crippen LogP contribution in [0.3, 0.4) is 0 Å². The summed E-state index contributed by atoms with van der Waals surface area (Å²) in [7, 11) is 4.15. The lowest BCUT2D eigenvalue weighted by Gasteiger charge is -2.36. The van der Waals surface area contributed by atoms with Crippen molar-refractivity contribution in [1.29, 1.82) is 5.26 Å². The molecule has 0 radical (unpaired) electrons. The van der Waals surface area contributed by atoms with Crippen LogP contribution < -0.4 is 10.2 Å². The first-order valence-corrected chi connectivity index (χ1v) is 14.8. The predicted octanol–water partition coefficient (Wildman–Crippen LogP) is 3.54. The highest BCUT2D eigenvalue weighted by Crippen LogP contribution is 2.35. The number of amides is 1. The summed E-state index contributed by atoms with van der Waals surface area (Å²) in [5.41, 5.74) is 1.66. The quantitative estimate of drug-likeness (QED) is 0.325. The third kappa shape index (κ3) is 5.85. The number of aromatic nitrogens is 5. The Bertz CT molecular complexity index is 1710. The van der Waals surface area contributed by atoms with Crippen LogP contribution in [0.4, 0.5) is 16.0 Å². The highest BCUT2D eigenvalue weighted by molar-refractivity contribution is 5.79. The number of anilines is 2. The number of rotatable bonds is 7. The number of piperidine rings is 2. The van der Waals surface area contributed by atoms with Gasteiger partial charge in [-0.2, -0.15) is 10.4 Å². The molecule has 0 aromatic carbocycles. The molecule has 228 valence electrons. The van der Waals surface area contributed by atoms with Gasteiger partial charge in [0.15, 0.2) is 29.0 Å². The molecule has 12 nitrogen and oxygen atoms in total. The molecule has 13 heteroatoms. The Hall–Kier alpha value is -4.83. The van der Waals surface area contributed by atoms with E-state index in [0.717, 1.165) is 31.4 Å². The number of pyridine rings is 2. The smallest absolute Gasteiger partial charge is 0.236 e. The van der Waals surface area contributed by atoms with Crippen LogP contribution >= 0.6 is 0 Å². The van der Waals surface area contributed by atoms with Crippen LogP contribution in [0, 0.1) is 17.1 Å². The summed E-state index contributed by atoms with van der Waals surface area (Å²) in [4.78, 5) is 32.0. The third-order valence-corrected chi connectivity index (χ3v) is 8.48. The summed E-state index contributed by atoms with van der Waals surface area (Å²) < 4.78 is 18.0. The predicted molar refractivity (Wildman–Crippen MR) is 163 cm³/mol. The largest absolute Gasteiger partial charge is 0.504 e. The number of carbonyl (C=O) groups is 1. The van der Waals surface area contributed by atoms with E-state index in [-0.39, 0.29) is 41.5 Å². The SMILES string of the molecule is CN(C)C1CCN(c2ncc(-c3nc(-c4cnn5ccccc45)nc(N[C@@H]4CCCN(C(=O)CC#N)C4)c3F)cc2O)CC1. The summed E-state index contributed by atoms with van der Waals surface area (Å²) in [6.45, 7) is 2.39. The van der Waals surface area contributed by atoms with Crippen molar-refractivity contribution in [2.45, 2.75) is 44.2 Å². The summed E-state index contributed by atoms with van der Waals surface area (Å²) in [5, 5.41) is 27.6. The van der Waals surface area contributed by atoms with Crippen LogP contribution in [0.2, 0.25) is 0 Å². The topological polar surface area (TPSA) is 139 Å². The average Bonchev–Trinajstić information content (AvgIpc) is 3.47. The molecule has 0 spiro atoms. The fourth-order valence-electron chi connectivity index (χ4n) is 6.07. The van der Waals surface area contributed by atoms with Gasteiger partial charge in [0, 0.05) is 56.2 Å². The number of nitrogens with zero attached hydrogens (tertiary/aromatic N) is 9.